The van der Waals surface area contributed by atoms with Crippen molar-refractivity contribution >= 4 is 0 Å². The van der Waals surface area contributed by atoms with E-state index in [1.165, 1.54) is 19.3 Å². The molecule has 0 bridgehead atoms. The van der Waals surface area contributed by atoms with Crippen molar-refractivity contribution in [3.63, 3.8) is 0 Å². The van der Waals surface area contributed by atoms with E-state index in [0.29, 0.717) is 5.92 Å². The molecule has 15 heavy (non-hydrogen) atoms. The largest absolute Gasteiger partial charge is 0.467 e. The Morgan fingerprint density at radius 1 is 1.40 bits per heavy atom. The lowest BCUT2D eigenvalue weighted by molar-refractivity contribution is 0.0553. The molecule has 1 heterocycles. The summed E-state index contributed by atoms with van der Waals surface area (Å²) < 4.78 is 5.25. The second-order valence-corrected chi connectivity index (χ2v) is 4.65. The molecule has 1 aliphatic carbocycles. The van der Waals surface area contributed by atoms with Crippen molar-refractivity contribution in [2.24, 2.45) is 11.8 Å². The average Bonchev–Trinajstić information content (AvgIpc) is 2.82. The summed E-state index contributed by atoms with van der Waals surface area (Å²) in [5.74, 6) is 2.01. The van der Waals surface area contributed by atoms with Gasteiger partial charge in [0.1, 0.15) is 11.9 Å². The quantitative estimate of drug-likeness (QED) is 0.824. The van der Waals surface area contributed by atoms with E-state index >= 15 is 0 Å². The van der Waals surface area contributed by atoms with Crippen molar-refractivity contribution in [3.8, 4) is 0 Å². The minimum atomic E-state index is -0.391. The van der Waals surface area contributed by atoms with E-state index in [9.17, 15) is 5.11 Å². The first-order chi connectivity index (χ1) is 7.31. The Kier molecular flexibility index (Phi) is 3.47. The van der Waals surface area contributed by atoms with Gasteiger partial charge in [0.05, 0.1) is 6.26 Å². The number of furan rings is 1. The molecule has 1 aliphatic rings. The van der Waals surface area contributed by atoms with Gasteiger partial charge in [0, 0.05) is 0 Å². The van der Waals surface area contributed by atoms with Crippen molar-refractivity contribution in [3.05, 3.63) is 24.2 Å². The first kappa shape index (κ1) is 10.7. The van der Waals surface area contributed by atoms with Gasteiger partial charge in [-0.25, -0.2) is 0 Å². The highest BCUT2D eigenvalue weighted by atomic mass is 16.4. The van der Waals surface area contributed by atoms with Crippen LogP contribution >= 0.6 is 0 Å². The third-order valence-electron chi connectivity index (χ3n) is 3.75. The molecule has 1 fully saturated rings. The first-order valence-electron chi connectivity index (χ1n) is 6.02. The molecule has 0 saturated heterocycles. The Morgan fingerprint density at radius 2 is 2.13 bits per heavy atom. The third kappa shape index (κ3) is 2.43. The van der Waals surface area contributed by atoms with Crippen LogP contribution in [-0.2, 0) is 0 Å². The Balaban J connectivity index is 1.90. The zero-order chi connectivity index (χ0) is 10.7. The van der Waals surface area contributed by atoms with E-state index in [0.717, 1.165) is 24.5 Å². The molecule has 0 aliphatic heterocycles. The van der Waals surface area contributed by atoms with E-state index in [-0.39, 0.29) is 0 Å². The molecule has 1 aromatic heterocycles. The number of aliphatic hydroxyl groups excluding tert-OH is 1. The summed E-state index contributed by atoms with van der Waals surface area (Å²) in [4.78, 5) is 0. The highest BCUT2D eigenvalue weighted by Gasteiger charge is 2.27. The van der Waals surface area contributed by atoms with Gasteiger partial charge in [-0.3, -0.25) is 0 Å². The predicted octanol–water partition coefficient (Wildman–Crippen LogP) is 3.53. The van der Waals surface area contributed by atoms with Crippen LogP contribution in [0.5, 0.6) is 0 Å². The van der Waals surface area contributed by atoms with Gasteiger partial charge in [0.2, 0.25) is 0 Å². The highest BCUT2D eigenvalue weighted by Crippen LogP contribution is 2.37. The van der Waals surface area contributed by atoms with Gasteiger partial charge >= 0.3 is 0 Å². The van der Waals surface area contributed by atoms with Gasteiger partial charge in [-0.05, 0) is 36.8 Å². The fourth-order valence-electron chi connectivity index (χ4n) is 2.60. The summed E-state index contributed by atoms with van der Waals surface area (Å²) in [6, 6.07) is 3.72. The molecule has 1 atom stereocenters. The average molecular weight is 208 g/mol. The summed E-state index contributed by atoms with van der Waals surface area (Å²) in [7, 11) is 0. The van der Waals surface area contributed by atoms with Gasteiger partial charge in [0.25, 0.3) is 0 Å². The smallest absolute Gasteiger partial charge is 0.132 e. The second-order valence-electron chi connectivity index (χ2n) is 4.65. The fourth-order valence-corrected chi connectivity index (χ4v) is 2.60. The first-order valence-corrected chi connectivity index (χ1v) is 6.02. The molecular weight excluding hydrogens is 188 g/mol. The maximum absolute atomic E-state index is 10.1. The van der Waals surface area contributed by atoms with Crippen LogP contribution in [-0.4, -0.2) is 5.11 Å². The lowest BCUT2D eigenvalue weighted by atomic mass is 9.78. The van der Waals surface area contributed by atoms with Crippen LogP contribution in [0, 0.1) is 11.8 Å². The predicted molar refractivity (Wildman–Crippen MR) is 59.4 cm³/mol. The SMILES string of the molecule is CCC1CCC(C(O)c2ccco2)CC1. The molecule has 0 spiro atoms. The normalized spacial score (nSPS) is 28.9. The summed E-state index contributed by atoms with van der Waals surface area (Å²) >= 11 is 0. The third-order valence-corrected chi connectivity index (χ3v) is 3.75. The maximum atomic E-state index is 10.1. The molecule has 0 radical (unpaired) electrons. The lowest BCUT2D eigenvalue weighted by Crippen LogP contribution is -2.19. The second kappa shape index (κ2) is 4.84. The summed E-state index contributed by atoms with van der Waals surface area (Å²) in [6.07, 6.45) is 7.33. The van der Waals surface area contributed by atoms with Crippen LogP contribution < -0.4 is 0 Å². The van der Waals surface area contributed by atoms with Crippen LogP contribution in [0.1, 0.15) is 50.9 Å². The zero-order valence-electron chi connectivity index (χ0n) is 9.36. The molecule has 84 valence electrons. The van der Waals surface area contributed by atoms with E-state index in [2.05, 4.69) is 6.92 Å². The Bertz CT molecular complexity index is 271. The number of hydrogen-bond acceptors (Lipinski definition) is 2. The molecule has 1 saturated carbocycles. The number of hydrogen-bond donors (Lipinski definition) is 1. The molecule has 2 rings (SSSR count). The van der Waals surface area contributed by atoms with Gasteiger partial charge < -0.3 is 9.52 Å². The van der Waals surface area contributed by atoms with Crippen LogP contribution in [0.25, 0.3) is 0 Å². The van der Waals surface area contributed by atoms with Gasteiger partial charge in [0.15, 0.2) is 0 Å². The van der Waals surface area contributed by atoms with Gasteiger partial charge in [-0.15, -0.1) is 0 Å². The topological polar surface area (TPSA) is 33.4 Å². The van der Waals surface area contributed by atoms with Crippen LogP contribution in [0.2, 0.25) is 0 Å². The molecule has 1 N–H and O–H groups in total. The van der Waals surface area contributed by atoms with Crippen LogP contribution in [0.3, 0.4) is 0 Å². The van der Waals surface area contributed by atoms with E-state index in [4.69, 9.17) is 4.42 Å². The Labute approximate surface area is 91.3 Å². The molecule has 1 unspecified atom stereocenters. The molecule has 0 aromatic carbocycles. The molecule has 1 aromatic rings. The minimum Gasteiger partial charge on any atom is -0.467 e. The van der Waals surface area contributed by atoms with Crippen molar-refractivity contribution < 1.29 is 9.52 Å². The number of aliphatic hydroxyl groups is 1. The molecule has 2 heteroatoms. The maximum Gasteiger partial charge on any atom is 0.132 e. The zero-order valence-corrected chi connectivity index (χ0v) is 9.36. The van der Waals surface area contributed by atoms with E-state index in [1.807, 2.05) is 12.1 Å². The number of rotatable bonds is 3. The standard InChI is InChI=1S/C13H20O2/c1-2-10-5-7-11(8-6-10)13(14)12-4-3-9-15-12/h3-4,9-11,13-14H,2,5-8H2,1H3. The monoisotopic (exact) mass is 208 g/mol. The van der Waals surface area contributed by atoms with Crippen LogP contribution in [0.4, 0.5) is 0 Å². The lowest BCUT2D eigenvalue weighted by Gasteiger charge is -2.30. The van der Waals surface area contributed by atoms with Crippen molar-refractivity contribution in [2.75, 3.05) is 0 Å². The Hall–Kier alpha value is -0.760. The van der Waals surface area contributed by atoms with Crippen LogP contribution in [0.15, 0.2) is 22.8 Å². The van der Waals surface area contributed by atoms with E-state index < -0.39 is 6.10 Å². The van der Waals surface area contributed by atoms with Crippen molar-refractivity contribution in [1.29, 1.82) is 0 Å². The molecule has 2 nitrogen and oxygen atoms in total. The van der Waals surface area contributed by atoms with Gasteiger partial charge in [-0.1, -0.05) is 26.2 Å². The summed E-state index contributed by atoms with van der Waals surface area (Å²) in [6.45, 7) is 2.26. The summed E-state index contributed by atoms with van der Waals surface area (Å²) in [5.41, 5.74) is 0. The molecule has 0 amide bonds. The molecular formula is C13H20O2. The van der Waals surface area contributed by atoms with Crippen molar-refractivity contribution in [1.82, 2.24) is 0 Å². The fraction of sp³-hybridized carbons (Fsp3) is 0.692. The van der Waals surface area contributed by atoms with Gasteiger partial charge in [-0.2, -0.15) is 0 Å². The Morgan fingerprint density at radius 3 is 2.67 bits per heavy atom. The summed E-state index contributed by atoms with van der Waals surface area (Å²) in [5, 5.41) is 10.1. The van der Waals surface area contributed by atoms with Crippen molar-refractivity contribution in [2.45, 2.75) is 45.1 Å². The van der Waals surface area contributed by atoms with E-state index in [1.54, 1.807) is 6.26 Å². The highest BCUT2D eigenvalue weighted by molar-refractivity contribution is 5.03. The minimum absolute atomic E-state index is 0.391.